The molecule has 0 radical (unpaired) electrons. The zero-order valence-corrected chi connectivity index (χ0v) is 7.63. The molecular formula is C8H11F2N3O. The summed E-state index contributed by atoms with van der Waals surface area (Å²) in [4.78, 5) is 16.9. The summed E-state index contributed by atoms with van der Waals surface area (Å²) >= 11 is 0. The van der Waals surface area contributed by atoms with Crippen LogP contribution in [0.3, 0.4) is 0 Å². The number of nitrogens with two attached hydrogens (primary N) is 1. The fraction of sp³-hybridized carbons (Fsp3) is 0.500. The predicted octanol–water partition coefficient (Wildman–Crippen LogP) is 1.12. The number of nitrogens with zero attached hydrogens (tertiary/aromatic N) is 1. The maximum atomic E-state index is 12.2. The second kappa shape index (κ2) is 4.28. The summed E-state index contributed by atoms with van der Waals surface area (Å²) in [6, 6.07) is 0.262. The van der Waals surface area contributed by atoms with E-state index < -0.39 is 23.7 Å². The first-order valence-electron chi connectivity index (χ1n) is 4.19. The molecule has 0 aliphatic carbocycles. The van der Waals surface area contributed by atoms with Crippen LogP contribution >= 0.6 is 0 Å². The predicted molar refractivity (Wildman–Crippen MR) is 47.0 cm³/mol. The molecule has 0 aliphatic heterocycles. The topological polar surface area (TPSA) is 71.8 Å². The number of aromatic amines is 1. The van der Waals surface area contributed by atoms with Gasteiger partial charge in [0.05, 0.1) is 6.04 Å². The molecular weight excluding hydrogens is 192 g/mol. The molecule has 1 aromatic heterocycles. The summed E-state index contributed by atoms with van der Waals surface area (Å²) in [7, 11) is 0. The van der Waals surface area contributed by atoms with E-state index in [1.807, 2.05) is 0 Å². The second-order valence-corrected chi connectivity index (χ2v) is 2.87. The van der Waals surface area contributed by atoms with Crippen molar-refractivity contribution >= 4 is 0 Å². The van der Waals surface area contributed by atoms with Gasteiger partial charge >= 0.3 is 0 Å². The largest absolute Gasteiger partial charge is 0.321 e. The lowest BCUT2D eigenvalue weighted by molar-refractivity contribution is 0.145. The van der Waals surface area contributed by atoms with Crippen molar-refractivity contribution in [1.29, 1.82) is 0 Å². The minimum absolute atomic E-state index is 0.107. The molecule has 1 aromatic rings. The molecule has 1 unspecified atom stereocenters. The first-order chi connectivity index (χ1) is 6.54. The zero-order valence-electron chi connectivity index (χ0n) is 7.63. The van der Waals surface area contributed by atoms with Crippen LogP contribution in [0, 0.1) is 0 Å². The average molecular weight is 203 g/mol. The maximum absolute atomic E-state index is 12.2. The first kappa shape index (κ1) is 10.8. The number of H-pyrrole nitrogens is 1. The molecule has 1 atom stereocenters. The molecule has 3 N–H and O–H groups in total. The normalized spacial score (nSPS) is 13.2. The summed E-state index contributed by atoms with van der Waals surface area (Å²) in [6.07, 6.45) is -2.23. The highest BCUT2D eigenvalue weighted by Crippen LogP contribution is 2.15. The lowest BCUT2D eigenvalue weighted by atomic mass is 10.2. The highest BCUT2D eigenvalue weighted by molar-refractivity contribution is 5.06. The van der Waals surface area contributed by atoms with Crippen LogP contribution in [-0.2, 0) is 0 Å². The number of alkyl halides is 2. The molecule has 1 rings (SSSR count). The molecule has 14 heavy (non-hydrogen) atoms. The molecule has 4 nitrogen and oxygen atoms in total. The van der Waals surface area contributed by atoms with Gasteiger partial charge in [-0.25, -0.2) is 13.8 Å². The third kappa shape index (κ3) is 2.35. The van der Waals surface area contributed by atoms with Gasteiger partial charge in [-0.05, 0) is 6.42 Å². The van der Waals surface area contributed by atoms with E-state index in [-0.39, 0.29) is 5.82 Å². The lowest BCUT2D eigenvalue weighted by Gasteiger charge is -2.08. The van der Waals surface area contributed by atoms with Crippen molar-refractivity contribution in [3.63, 3.8) is 0 Å². The number of nitrogens with one attached hydrogen (secondary N) is 1. The third-order valence-corrected chi connectivity index (χ3v) is 1.79. The molecule has 0 aromatic carbocycles. The van der Waals surface area contributed by atoms with Crippen molar-refractivity contribution in [2.24, 2.45) is 5.73 Å². The standard InChI is InChI=1S/C8H11F2N3O/c1-2-4(11)8-12-5(7(9)10)3-6(14)13-8/h3-4,7H,2,11H2,1H3,(H,12,13,14). The van der Waals surface area contributed by atoms with Gasteiger partial charge in [-0.15, -0.1) is 0 Å². The van der Waals surface area contributed by atoms with E-state index in [0.717, 1.165) is 6.07 Å². The SMILES string of the molecule is CCC(N)c1nc(C(F)F)cc(=O)[nH]1. The fourth-order valence-electron chi connectivity index (χ4n) is 0.977. The second-order valence-electron chi connectivity index (χ2n) is 2.87. The van der Waals surface area contributed by atoms with Crippen molar-refractivity contribution in [3.05, 3.63) is 27.9 Å². The molecule has 0 bridgehead atoms. The Morgan fingerprint density at radius 2 is 2.29 bits per heavy atom. The Kier molecular flexibility index (Phi) is 3.29. The highest BCUT2D eigenvalue weighted by atomic mass is 19.3. The Labute approximate surface area is 79.2 Å². The Morgan fingerprint density at radius 3 is 2.79 bits per heavy atom. The Bertz CT molecular complexity index is 364. The van der Waals surface area contributed by atoms with Gasteiger partial charge in [-0.3, -0.25) is 4.79 Å². The van der Waals surface area contributed by atoms with Crippen LogP contribution in [0.2, 0.25) is 0 Å². The first-order valence-corrected chi connectivity index (χ1v) is 4.19. The van der Waals surface area contributed by atoms with Crippen LogP contribution < -0.4 is 11.3 Å². The number of halogens is 2. The molecule has 0 amide bonds. The average Bonchev–Trinajstić information content (AvgIpc) is 2.15. The van der Waals surface area contributed by atoms with Gasteiger partial charge in [-0.1, -0.05) is 6.92 Å². The Balaban J connectivity index is 3.13. The third-order valence-electron chi connectivity index (χ3n) is 1.79. The summed E-state index contributed by atoms with van der Waals surface area (Å²) in [6.45, 7) is 1.78. The molecule has 0 saturated carbocycles. The van der Waals surface area contributed by atoms with Crippen LogP contribution in [0.15, 0.2) is 10.9 Å². The number of hydrogen-bond acceptors (Lipinski definition) is 3. The Hall–Kier alpha value is -1.30. The van der Waals surface area contributed by atoms with Crippen LogP contribution in [-0.4, -0.2) is 9.97 Å². The van der Waals surface area contributed by atoms with Crippen molar-refractivity contribution < 1.29 is 8.78 Å². The molecule has 78 valence electrons. The van der Waals surface area contributed by atoms with E-state index in [2.05, 4.69) is 9.97 Å². The van der Waals surface area contributed by atoms with E-state index in [4.69, 9.17) is 5.73 Å². The lowest BCUT2D eigenvalue weighted by Crippen LogP contribution is -2.20. The van der Waals surface area contributed by atoms with E-state index in [1.165, 1.54) is 0 Å². The fourth-order valence-corrected chi connectivity index (χ4v) is 0.977. The van der Waals surface area contributed by atoms with Crippen molar-refractivity contribution in [2.75, 3.05) is 0 Å². The van der Waals surface area contributed by atoms with E-state index in [1.54, 1.807) is 6.92 Å². The van der Waals surface area contributed by atoms with Gasteiger partial charge < -0.3 is 10.7 Å². The maximum Gasteiger partial charge on any atom is 0.280 e. The van der Waals surface area contributed by atoms with E-state index >= 15 is 0 Å². The number of rotatable bonds is 3. The van der Waals surface area contributed by atoms with Crippen LogP contribution in [0.4, 0.5) is 8.78 Å². The zero-order chi connectivity index (χ0) is 10.7. The quantitative estimate of drug-likeness (QED) is 0.773. The van der Waals surface area contributed by atoms with E-state index in [0.29, 0.717) is 6.42 Å². The minimum Gasteiger partial charge on any atom is -0.321 e. The van der Waals surface area contributed by atoms with Crippen LogP contribution in [0.1, 0.15) is 37.3 Å². The van der Waals surface area contributed by atoms with Gasteiger partial charge in [0.25, 0.3) is 12.0 Å². The summed E-state index contributed by atoms with van der Waals surface area (Å²) in [5.74, 6) is 0.107. The summed E-state index contributed by atoms with van der Waals surface area (Å²) < 4.78 is 24.5. The molecule has 0 aliphatic rings. The van der Waals surface area contributed by atoms with E-state index in [9.17, 15) is 13.6 Å². The molecule has 0 spiro atoms. The molecule has 6 heteroatoms. The van der Waals surface area contributed by atoms with Crippen molar-refractivity contribution in [1.82, 2.24) is 9.97 Å². The van der Waals surface area contributed by atoms with Gasteiger partial charge in [0.15, 0.2) is 0 Å². The van der Waals surface area contributed by atoms with Crippen LogP contribution in [0.5, 0.6) is 0 Å². The van der Waals surface area contributed by atoms with Crippen molar-refractivity contribution in [2.45, 2.75) is 25.8 Å². The molecule has 0 saturated heterocycles. The van der Waals surface area contributed by atoms with Crippen molar-refractivity contribution in [3.8, 4) is 0 Å². The van der Waals surface area contributed by atoms with Gasteiger partial charge in [-0.2, -0.15) is 0 Å². The smallest absolute Gasteiger partial charge is 0.280 e. The molecule has 0 fully saturated rings. The monoisotopic (exact) mass is 203 g/mol. The molecule has 1 heterocycles. The van der Waals surface area contributed by atoms with Gasteiger partial charge in [0, 0.05) is 6.07 Å². The van der Waals surface area contributed by atoms with Gasteiger partial charge in [0.1, 0.15) is 11.5 Å². The number of hydrogen-bond donors (Lipinski definition) is 2. The number of aromatic nitrogens is 2. The summed E-state index contributed by atoms with van der Waals surface area (Å²) in [5, 5.41) is 0. The minimum atomic E-state index is -2.75. The van der Waals surface area contributed by atoms with Crippen LogP contribution in [0.25, 0.3) is 0 Å². The highest BCUT2D eigenvalue weighted by Gasteiger charge is 2.13. The van der Waals surface area contributed by atoms with Gasteiger partial charge in [0.2, 0.25) is 0 Å². The summed E-state index contributed by atoms with van der Waals surface area (Å²) in [5.41, 5.74) is 4.42. The Morgan fingerprint density at radius 1 is 1.64 bits per heavy atom.